The molecule has 0 aromatic heterocycles. The minimum atomic E-state index is -1.99. The van der Waals surface area contributed by atoms with Gasteiger partial charge in [0.25, 0.3) is 0 Å². The molecule has 0 bridgehead atoms. The third-order valence-electron chi connectivity index (χ3n) is 3.48. The van der Waals surface area contributed by atoms with Gasteiger partial charge < -0.3 is 8.85 Å². The average molecular weight is 273 g/mol. The van der Waals surface area contributed by atoms with Gasteiger partial charge in [0.15, 0.2) is 0 Å². The fourth-order valence-electron chi connectivity index (χ4n) is 2.88. The van der Waals surface area contributed by atoms with Crippen molar-refractivity contribution in [3.63, 3.8) is 0 Å². The van der Waals surface area contributed by atoms with Gasteiger partial charge in [-0.1, -0.05) is 26.7 Å². The van der Waals surface area contributed by atoms with Crippen LogP contribution in [0.5, 0.6) is 0 Å². The van der Waals surface area contributed by atoms with Crippen LogP contribution in [0.4, 0.5) is 0 Å². The Labute approximate surface area is 115 Å². The summed E-state index contributed by atoms with van der Waals surface area (Å²) in [6.45, 7) is 13.2. The third kappa shape index (κ3) is 5.02. The Hall–Kier alpha value is 0.137. The zero-order valence-corrected chi connectivity index (χ0v) is 14.2. The predicted octanol–water partition coefficient (Wildman–Crippen LogP) is 4.88. The SMILES string of the molecule is CCCC(C)C[Si](OC(C)C)(OC(C)C)C1CC1. The lowest BCUT2D eigenvalue weighted by molar-refractivity contribution is 0.0993. The lowest BCUT2D eigenvalue weighted by Gasteiger charge is -2.36. The first-order valence-electron chi connectivity index (χ1n) is 7.75. The molecule has 0 amide bonds. The van der Waals surface area contributed by atoms with Crippen LogP contribution >= 0.6 is 0 Å². The monoisotopic (exact) mass is 272 g/mol. The van der Waals surface area contributed by atoms with Crippen LogP contribution < -0.4 is 0 Å². The second-order valence-corrected chi connectivity index (χ2v) is 9.84. The molecule has 1 aliphatic carbocycles. The van der Waals surface area contributed by atoms with Crippen LogP contribution in [0.2, 0.25) is 11.6 Å². The summed E-state index contributed by atoms with van der Waals surface area (Å²) in [4.78, 5) is 0. The first-order valence-corrected chi connectivity index (χ1v) is 9.85. The number of hydrogen-bond donors (Lipinski definition) is 0. The smallest absolute Gasteiger partial charge is 0.342 e. The summed E-state index contributed by atoms with van der Waals surface area (Å²) >= 11 is 0. The molecular weight excluding hydrogens is 240 g/mol. The maximum Gasteiger partial charge on any atom is 0.342 e. The van der Waals surface area contributed by atoms with Crippen molar-refractivity contribution < 1.29 is 8.85 Å². The molecule has 2 nitrogen and oxygen atoms in total. The van der Waals surface area contributed by atoms with E-state index in [1.165, 1.54) is 31.7 Å². The highest BCUT2D eigenvalue weighted by Gasteiger charge is 2.53. The highest BCUT2D eigenvalue weighted by atomic mass is 28.4. The average Bonchev–Trinajstić information content (AvgIpc) is 2.97. The van der Waals surface area contributed by atoms with Gasteiger partial charge in [0, 0.05) is 17.7 Å². The highest BCUT2D eigenvalue weighted by Crippen LogP contribution is 2.50. The van der Waals surface area contributed by atoms with Crippen LogP contribution in [0.25, 0.3) is 0 Å². The Morgan fingerprint density at radius 2 is 1.50 bits per heavy atom. The van der Waals surface area contributed by atoms with Gasteiger partial charge >= 0.3 is 8.56 Å². The Morgan fingerprint density at radius 3 is 1.83 bits per heavy atom. The van der Waals surface area contributed by atoms with E-state index in [0.717, 1.165) is 11.5 Å². The molecule has 0 saturated heterocycles. The van der Waals surface area contributed by atoms with E-state index < -0.39 is 8.56 Å². The predicted molar refractivity (Wildman–Crippen MR) is 80.1 cm³/mol. The van der Waals surface area contributed by atoms with Gasteiger partial charge in [0.05, 0.1) is 0 Å². The quantitative estimate of drug-likeness (QED) is 0.557. The van der Waals surface area contributed by atoms with E-state index in [-0.39, 0.29) is 0 Å². The van der Waals surface area contributed by atoms with Crippen LogP contribution in [0, 0.1) is 5.92 Å². The third-order valence-corrected chi connectivity index (χ3v) is 8.31. The van der Waals surface area contributed by atoms with Crippen LogP contribution in [-0.2, 0) is 8.85 Å². The van der Waals surface area contributed by atoms with Crippen molar-refractivity contribution in [2.75, 3.05) is 0 Å². The largest absolute Gasteiger partial charge is 0.392 e. The molecule has 0 aromatic carbocycles. The van der Waals surface area contributed by atoms with Crippen molar-refractivity contribution in [3.8, 4) is 0 Å². The zero-order chi connectivity index (χ0) is 13.8. The van der Waals surface area contributed by atoms with Crippen LogP contribution in [0.1, 0.15) is 67.2 Å². The summed E-state index contributed by atoms with van der Waals surface area (Å²) in [6.07, 6.45) is 5.80. The first-order chi connectivity index (χ1) is 8.39. The van der Waals surface area contributed by atoms with Crippen molar-refractivity contribution in [2.24, 2.45) is 5.92 Å². The van der Waals surface area contributed by atoms with E-state index >= 15 is 0 Å². The fourth-order valence-corrected chi connectivity index (χ4v) is 7.67. The maximum absolute atomic E-state index is 6.41. The van der Waals surface area contributed by atoms with E-state index in [1.807, 2.05) is 0 Å². The van der Waals surface area contributed by atoms with Crippen molar-refractivity contribution in [1.29, 1.82) is 0 Å². The highest BCUT2D eigenvalue weighted by molar-refractivity contribution is 6.70. The minimum absolute atomic E-state index is 0.296. The van der Waals surface area contributed by atoms with Gasteiger partial charge in [-0.25, -0.2) is 0 Å². The maximum atomic E-state index is 6.41. The number of hydrogen-bond acceptors (Lipinski definition) is 2. The topological polar surface area (TPSA) is 18.5 Å². The first kappa shape index (κ1) is 16.2. The Kier molecular flexibility index (Phi) is 6.35. The second-order valence-electron chi connectivity index (χ2n) is 6.52. The summed E-state index contributed by atoms with van der Waals surface area (Å²) in [6, 6.07) is 1.18. The molecule has 1 fully saturated rings. The van der Waals surface area contributed by atoms with E-state index in [2.05, 4.69) is 41.5 Å². The molecule has 0 spiro atoms. The van der Waals surface area contributed by atoms with E-state index in [9.17, 15) is 0 Å². The summed E-state index contributed by atoms with van der Waals surface area (Å²) in [5, 5.41) is 0. The lowest BCUT2D eigenvalue weighted by atomic mass is 10.1. The Balaban J connectivity index is 2.74. The van der Waals surface area contributed by atoms with E-state index in [1.54, 1.807) is 0 Å². The Morgan fingerprint density at radius 1 is 1.00 bits per heavy atom. The fraction of sp³-hybridized carbons (Fsp3) is 1.00. The van der Waals surface area contributed by atoms with Crippen molar-refractivity contribution in [2.45, 2.75) is 91.0 Å². The lowest BCUT2D eigenvalue weighted by Crippen LogP contribution is -2.47. The Bertz CT molecular complexity index is 227. The minimum Gasteiger partial charge on any atom is -0.392 e. The molecular formula is C15H32O2Si. The number of rotatable bonds is 9. The van der Waals surface area contributed by atoms with Crippen molar-refractivity contribution >= 4 is 8.56 Å². The standard InChI is InChI=1S/C15H32O2Si/c1-7-8-14(6)11-18(15-9-10-15,16-12(2)3)17-13(4)5/h12-15H,7-11H2,1-6H3. The zero-order valence-electron chi connectivity index (χ0n) is 13.2. The molecule has 3 heteroatoms. The molecule has 0 heterocycles. The van der Waals surface area contributed by atoms with E-state index in [0.29, 0.717) is 12.2 Å². The molecule has 1 saturated carbocycles. The second kappa shape index (κ2) is 7.06. The van der Waals surface area contributed by atoms with Crippen molar-refractivity contribution in [3.05, 3.63) is 0 Å². The van der Waals surface area contributed by atoms with Gasteiger partial charge in [-0.2, -0.15) is 0 Å². The van der Waals surface area contributed by atoms with E-state index in [4.69, 9.17) is 8.85 Å². The van der Waals surface area contributed by atoms with Gasteiger partial charge in [-0.05, 0) is 52.5 Å². The summed E-state index contributed by atoms with van der Waals surface area (Å²) in [5.74, 6) is 0.736. The normalized spacial score (nSPS) is 18.7. The summed E-state index contributed by atoms with van der Waals surface area (Å²) in [5.41, 5.74) is 0.751. The molecule has 0 N–H and O–H groups in total. The van der Waals surface area contributed by atoms with Crippen LogP contribution in [-0.4, -0.2) is 20.8 Å². The molecule has 1 rings (SSSR count). The molecule has 1 atom stereocenters. The van der Waals surface area contributed by atoms with Crippen LogP contribution in [0.3, 0.4) is 0 Å². The van der Waals surface area contributed by atoms with Crippen LogP contribution in [0.15, 0.2) is 0 Å². The molecule has 0 aliphatic heterocycles. The molecule has 18 heavy (non-hydrogen) atoms. The molecule has 0 radical (unpaired) electrons. The molecule has 1 unspecified atom stereocenters. The molecule has 0 aromatic rings. The molecule has 1 aliphatic rings. The summed E-state index contributed by atoms with van der Waals surface area (Å²) in [7, 11) is -1.99. The van der Waals surface area contributed by atoms with Crippen molar-refractivity contribution in [1.82, 2.24) is 0 Å². The molecule has 108 valence electrons. The van der Waals surface area contributed by atoms with Gasteiger partial charge in [-0.3, -0.25) is 0 Å². The summed E-state index contributed by atoms with van der Waals surface area (Å²) < 4.78 is 12.8. The van der Waals surface area contributed by atoms with Gasteiger partial charge in [0.2, 0.25) is 0 Å². The van der Waals surface area contributed by atoms with Gasteiger partial charge in [0.1, 0.15) is 0 Å². The van der Waals surface area contributed by atoms with Gasteiger partial charge in [-0.15, -0.1) is 0 Å².